The van der Waals surface area contributed by atoms with Gasteiger partial charge in [-0.25, -0.2) is 4.39 Å². The molecule has 0 aliphatic carbocycles. The minimum Gasteiger partial charge on any atom is -0.457 e. The zero-order valence-corrected chi connectivity index (χ0v) is 20.1. The third-order valence-electron chi connectivity index (χ3n) is 5.42. The number of benzene rings is 4. The third-order valence-corrected chi connectivity index (χ3v) is 5.70. The number of anilines is 1. The van der Waals surface area contributed by atoms with Gasteiger partial charge >= 0.3 is 0 Å². The predicted octanol–water partition coefficient (Wildman–Crippen LogP) is 6.24. The zero-order chi connectivity index (χ0) is 25.8. The Morgan fingerprint density at radius 1 is 0.703 bits per heavy atom. The first-order valence-electron chi connectivity index (χ1n) is 11.2. The fraction of sp³-hybridized carbons (Fsp3) is 0. The normalized spacial score (nSPS) is 14.5. The SMILES string of the molecule is O=C1NC(=S)N(c2ccc(Oc3ccccc3)cc2)C(=O)/C1=C/c1ccc(Oc2ccc(F)cc2)cc1. The number of halogens is 1. The van der Waals surface area contributed by atoms with Crippen molar-refractivity contribution >= 4 is 40.9 Å². The molecule has 1 saturated heterocycles. The van der Waals surface area contributed by atoms with E-state index >= 15 is 0 Å². The number of thiocarbonyl (C=S) groups is 1. The van der Waals surface area contributed by atoms with Crippen LogP contribution in [-0.4, -0.2) is 16.9 Å². The van der Waals surface area contributed by atoms with Crippen LogP contribution in [0.25, 0.3) is 6.08 Å². The number of carbonyl (C=O) groups is 2. The molecule has 182 valence electrons. The minimum atomic E-state index is -0.582. The molecule has 37 heavy (non-hydrogen) atoms. The zero-order valence-electron chi connectivity index (χ0n) is 19.3. The summed E-state index contributed by atoms with van der Waals surface area (Å²) in [4.78, 5) is 27.1. The highest BCUT2D eigenvalue weighted by molar-refractivity contribution is 7.80. The molecule has 0 saturated carbocycles. The van der Waals surface area contributed by atoms with Gasteiger partial charge in [-0.05, 0) is 96.7 Å². The molecule has 1 aliphatic heterocycles. The van der Waals surface area contributed by atoms with Gasteiger partial charge in [0, 0.05) is 0 Å². The van der Waals surface area contributed by atoms with Crippen molar-refractivity contribution in [1.29, 1.82) is 0 Å². The van der Waals surface area contributed by atoms with Crippen LogP contribution in [-0.2, 0) is 9.59 Å². The minimum absolute atomic E-state index is 0.00748. The highest BCUT2D eigenvalue weighted by atomic mass is 32.1. The Bertz CT molecular complexity index is 1490. The number of carbonyl (C=O) groups excluding carboxylic acids is 2. The molecule has 6 nitrogen and oxygen atoms in total. The van der Waals surface area contributed by atoms with Gasteiger partial charge in [0.05, 0.1) is 5.69 Å². The summed E-state index contributed by atoms with van der Waals surface area (Å²) < 4.78 is 24.6. The van der Waals surface area contributed by atoms with Crippen LogP contribution in [0, 0.1) is 5.82 Å². The van der Waals surface area contributed by atoms with Crippen LogP contribution < -0.4 is 19.7 Å². The van der Waals surface area contributed by atoms with E-state index in [0.29, 0.717) is 34.2 Å². The average Bonchev–Trinajstić information content (AvgIpc) is 2.90. The van der Waals surface area contributed by atoms with Crippen molar-refractivity contribution in [2.24, 2.45) is 0 Å². The Balaban J connectivity index is 1.33. The molecule has 0 unspecified atom stereocenters. The maximum Gasteiger partial charge on any atom is 0.270 e. The number of ether oxygens (including phenoxy) is 2. The highest BCUT2D eigenvalue weighted by Crippen LogP contribution is 2.28. The van der Waals surface area contributed by atoms with E-state index in [4.69, 9.17) is 21.7 Å². The van der Waals surface area contributed by atoms with Crippen LogP contribution in [0.3, 0.4) is 0 Å². The van der Waals surface area contributed by atoms with Gasteiger partial charge < -0.3 is 9.47 Å². The van der Waals surface area contributed by atoms with Gasteiger partial charge in [-0.1, -0.05) is 30.3 Å². The maximum absolute atomic E-state index is 13.3. The number of hydrogen-bond acceptors (Lipinski definition) is 5. The van der Waals surface area contributed by atoms with E-state index < -0.39 is 11.8 Å². The summed E-state index contributed by atoms with van der Waals surface area (Å²) >= 11 is 5.28. The van der Waals surface area contributed by atoms with Gasteiger partial charge in [-0.15, -0.1) is 0 Å². The average molecular weight is 511 g/mol. The first-order chi connectivity index (χ1) is 18.0. The van der Waals surface area contributed by atoms with Crippen molar-refractivity contribution in [2.75, 3.05) is 4.90 Å². The second-order valence-corrected chi connectivity index (χ2v) is 8.38. The third kappa shape index (κ3) is 5.55. The van der Waals surface area contributed by atoms with E-state index in [1.54, 1.807) is 48.5 Å². The van der Waals surface area contributed by atoms with E-state index in [1.807, 2.05) is 30.3 Å². The lowest BCUT2D eigenvalue weighted by molar-refractivity contribution is -0.122. The van der Waals surface area contributed by atoms with E-state index in [2.05, 4.69) is 5.32 Å². The van der Waals surface area contributed by atoms with Crippen LogP contribution in [0.15, 0.2) is 109 Å². The van der Waals surface area contributed by atoms with Crippen LogP contribution in [0.1, 0.15) is 5.56 Å². The van der Waals surface area contributed by atoms with Gasteiger partial charge in [0.25, 0.3) is 11.8 Å². The molecule has 0 aromatic heterocycles. The molecule has 4 aromatic rings. The quantitative estimate of drug-likeness (QED) is 0.189. The second kappa shape index (κ2) is 10.4. The molecular weight excluding hydrogens is 491 g/mol. The molecule has 4 aromatic carbocycles. The number of amides is 2. The molecule has 5 rings (SSSR count). The molecule has 2 amide bonds. The van der Waals surface area contributed by atoms with E-state index in [-0.39, 0.29) is 16.5 Å². The fourth-order valence-electron chi connectivity index (χ4n) is 3.62. The Kier molecular flexibility index (Phi) is 6.74. The van der Waals surface area contributed by atoms with Crippen molar-refractivity contribution in [2.45, 2.75) is 0 Å². The molecular formula is C29H19FN2O4S. The largest absolute Gasteiger partial charge is 0.457 e. The van der Waals surface area contributed by atoms with Crippen LogP contribution in [0.2, 0.25) is 0 Å². The van der Waals surface area contributed by atoms with Crippen molar-refractivity contribution < 1.29 is 23.5 Å². The Hall–Kier alpha value is -4.82. The van der Waals surface area contributed by atoms with Crippen LogP contribution in [0.4, 0.5) is 10.1 Å². The summed E-state index contributed by atoms with van der Waals surface area (Å²) in [6, 6.07) is 28.6. The summed E-state index contributed by atoms with van der Waals surface area (Å²) in [6.45, 7) is 0. The summed E-state index contributed by atoms with van der Waals surface area (Å²) in [7, 11) is 0. The number of nitrogens with zero attached hydrogens (tertiary/aromatic N) is 1. The molecule has 1 N–H and O–H groups in total. The Morgan fingerprint density at radius 2 is 1.22 bits per heavy atom. The summed E-state index contributed by atoms with van der Waals surface area (Å²) in [5, 5.41) is 2.57. The van der Waals surface area contributed by atoms with E-state index in [1.165, 1.54) is 35.2 Å². The van der Waals surface area contributed by atoms with E-state index in [9.17, 15) is 14.0 Å². The predicted molar refractivity (Wildman–Crippen MR) is 142 cm³/mol. The molecule has 1 aliphatic rings. The number of para-hydroxylation sites is 1. The summed E-state index contributed by atoms with van der Waals surface area (Å²) in [5.41, 5.74) is 1.04. The lowest BCUT2D eigenvalue weighted by Gasteiger charge is -2.29. The van der Waals surface area contributed by atoms with Gasteiger partial charge in [-0.3, -0.25) is 19.8 Å². The summed E-state index contributed by atoms with van der Waals surface area (Å²) in [6.07, 6.45) is 1.49. The lowest BCUT2D eigenvalue weighted by Crippen LogP contribution is -2.54. The molecule has 0 radical (unpaired) electrons. The Morgan fingerprint density at radius 3 is 1.81 bits per heavy atom. The molecule has 0 spiro atoms. The smallest absolute Gasteiger partial charge is 0.270 e. The standard InChI is InChI=1S/C29H19FN2O4S/c30-20-8-14-24(15-9-20)36-23-12-6-19(7-13-23)18-26-27(33)31-29(37)32(28(26)34)21-10-16-25(17-11-21)35-22-4-2-1-3-5-22/h1-18H,(H,31,33,37)/b26-18+. The van der Waals surface area contributed by atoms with Crippen molar-refractivity contribution in [3.8, 4) is 23.0 Å². The molecule has 1 fully saturated rings. The maximum atomic E-state index is 13.3. The van der Waals surface area contributed by atoms with Crippen LogP contribution >= 0.6 is 12.2 Å². The molecule has 1 heterocycles. The molecule has 8 heteroatoms. The topological polar surface area (TPSA) is 67.9 Å². The van der Waals surface area contributed by atoms with Crippen molar-refractivity contribution in [3.63, 3.8) is 0 Å². The monoisotopic (exact) mass is 510 g/mol. The highest BCUT2D eigenvalue weighted by Gasteiger charge is 2.34. The van der Waals surface area contributed by atoms with Crippen molar-refractivity contribution in [3.05, 3.63) is 120 Å². The first kappa shape index (κ1) is 23.9. The van der Waals surface area contributed by atoms with Gasteiger partial charge in [0.2, 0.25) is 0 Å². The van der Waals surface area contributed by atoms with Crippen molar-refractivity contribution in [1.82, 2.24) is 5.32 Å². The van der Waals surface area contributed by atoms with E-state index in [0.717, 1.165) is 0 Å². The van der Waals surface area contributed by atoms with Gasteiger partial charge in [0.1, 0.15) is 34.4 Å². The molecule has 0 atom stereocenters. The molecule has 0 bridgehead atoms. The number of rotatable bonds is 6. The first-order valence-corrected chi connectivity index (χ1v) is 11.6. The lowest BCUT2D eigenvalue weighted by atomic mass is 10.1. The number of hydrogen-bond donors (Lipinski definition) is 1. The Labute approximate surface area is 217 Å². The fourth-order valence-corrected chi connectivity index (χ4v) is 3.90. The van der Waals surface area contributed by atoms with Gasteiger partial charge in [-0.2, -0.15) is 0 Å². The van der Waals surface area contributed by atoms with Gasteiger partial charge in [0.15, 0.2) is 5.11 Å². The van der Waals surface area contributed by atoms with Crippen LogP contribution in [0.5, 0.6) is 23.0 Å². The number of nitrogens with one attached hydrogen (secondary N) is 1. The second-order valence-electron chi connectivity index (χ2n) is 7.99. The summed E-state index contributed by atoms with van der Waals surface area (Å²) in [5.74, 6) is 0.806.